The van der Waals surface area contributed by atoms with Gasteiger partial charge in [-0.3, -0.25) is 4.79 Å². The summed E-state index contributed by atoms with van der Waals surface area (Å²) in [5, 5.41) is 0.624. The lowest BCUT2D eigenvalue weighted by Crippen LogP contribution is -2.39. The molecule has 0 aliphatic carbocycles. The van der Waals surface area contributed by atoms with Crippen LogP contribution in [0.1, 0.15) is 17.7 Å². The zero-order valence-corrected chi connectivity index (χ0v) is 15.0. The van der Waals surface area contributed by atoms with E-state index in [1.807, 2.05) is 12.1 Å². The third kappa shape index (κ3) is 4.74. The first kappa shape index (κ1) is 17.8. The Morgan fingerprint density at radius 2 is 2.04 bits per heavy atom. The van der Waals surface area contributed by atoms with E-state index in [-0.39, 0.29) is 30.0 Å². The third-order valence-electron chi connectivity index (χ3n) is 4.13. The van der Waals surface area contributed by atoms with Crippen molar-refractivity contribution in [1.29, 1.82) is 0 Å². The molecule has 0 unspecified atom stereocenters. The molecule has 0 bridgehead atoms. The lowest BCUT2D eigenvalue weighted by Gasteiger charge is -2.26. The second-order valence-electron chi connectivity index (χ2n) is 5.99. The molecular weight excluding hydrogens is 362 g/mol. The fourth-order valence-corrected chi connectivity index (χ4v) is 4.67. The smallest absolute Gasteiger partial charge is 0.247 e. The summed E-state index contributed by atoms with van der Waals surface area (Å²) < 4.78 is 28.9. The Labute approximate surface area is 151 Å². The van der Waals surface area contributed by atoms with Crippen LogP contribution in [0.15, 0.2) is 53.2 Å². The first-order valence-electron chi connectivity index (χ1n) is 7.90. The van der Waals surface area contributed by atoms with Gasteiger partial charge < -0.3 is 9.32 Å². The van der Waals surface area contributed by atoms with Gasteiger partial charge in [0.05, 0.1) is 24.3 Å². The summed E-state index contributed by atoms with van der Waals surface area (Å²) in [4.78, 5) is 14.2. The second kappa shape index (κ2) is 7.45. The van der Waals surface area contributed by atoms with Gasteiger partial charge >= 0.3 is 0 Å². The van der Waals surface area contributed by atoms with Gasteiger partial charge in [0.25, 0.3) is 0 Å². The lowest BCUT2D eigenvalue weighted by molar-refractivity contribution is -0.128. The van der Waals surface area contributed by atoms with Crippen molar-refractivity contribution in [2.24, 2.45) is 0 Å². The number of carbonyl (C=O) groups excluding carboxylic acids is 1. The SMILES string of the molecule is O=C(/C=C/c1ccc(Cl)cc1)N(Cc1ccco1)[C@@H]1CCS(=O)(=O)C1. The Hall–Kier alpha value is -2.05. The zero-order valence-electron chi connectivity index (χ0n) is 13.5. The molecule has 1 amide bonds. The Morgan fingerprint density at radius 3 is 2.64 bits per heavy atom. The minimum atomic E-state index is -3.09. The highest BCUT2D eigenvalue weighted by molar-refractivity contribution is 7.91. The van der Waals surface area contributed by atoms with Crippen LogP contribution >= 0.6 is 11.6 Å². The number of halogens is 1. The van der Waals surface area contributed by atoms with Crippen LogP contribution in [0.5, 0.6) is 0 Å². The maximum Gasteiger partial charge on any atom is 0.247 e. The number of carbonyl (C=O) groups is 1. The topological polar surface area (TPSA) is 67.6 Å². The van der Waals surface area contributed by atoms with Crippen LogP contribution in [-0.4, -0.2) is 36.8 Å². The van der Waals surface area contributed by atoms with E-state index in [1.165, 1.54) is 12.3 Å². The number of sulfone groups is 1. The predicted molar refractivity (Wildman–Crippen MR) is 96.8 cm³/mol. The number of amides is 1. The van der Waals surface area contributed by atoms with E-state index in [1.54, 1.807) is 35.2 Å². The molecular formula is C18H18ClNO4S. The fourth-order valence-electron chi connectivity index (χ4n) is 2.82. The molecule has 2 aromatic rings. The monoisotopic (exact) mass is 379 g/mol. The molecule has 0 spiro atoms. The summed E-state index contributed by atoms with van der Waals surface area (Å²) in [5.41, 5.74) is 0.842. The Balaban J connectivity index is 1.78. The number of hydrogen-bond donors (Lipinski definition) is 0. The molecule has 25 heavy (non-hydrogen) atoms. The highest BCUT2D eigenvalue weighted by Gasteiger charge is 2.34. The van der Waals surface area contributed by atoms with Gasteiger partial charge in [0.15, 0.2) is 9.84 Å². The molecule has 3 rings (SSSR count). The molecule has 5 nitrogen and oxygen atoms in total. The van der Waals surface area contributed by atoms with Crippen LogP contribution < -0.4 is 0 Å². The summed E-state index contributed by atoms with van der Waals surface area (Å²) in [6.07, 6.45) is 5.13. The maximum absolute atomic E-state index is 12.7. The van der Waals surface area contributed by atoms with Gasteiger partial charge in [-0.1, -0.05) is 23.7 Å². The summed E-state index contributed by atoms with van der Waals surface area (Å²) in [7, 11) is -3.09. The van der Waals surface area contributed by atoms with Crippen molar-refractivity contribution in [3.05, 3.63) is 65.1 Å². The number of nitrogens with zero attached hydrogens (tertiary/aromatic N) is 1. The summed E-state index contributed by atoms with van der Waals surface area (Å²) in [6.45, 7) is 0.247. The molecule has 1 aromatic carbocycles. The molecule has 1 aliphatic heterocycles. The summed E-state index contributed by atoms with van der Waals surface area (Å²) >= 11 is 5.85. The van der Waals surface area contributed by atoms with Crippen molar-refractivity contribution < 1.29 is 17.6 Å². The van der Waals surface area contributed by atoms with Crippen LogP contribution in [0, 0.1) is 0 Å². The van der Waals surface area contributed by atoms with Gasteiger partial charge in [-0.15, -0.1) is 0 Å². The van der Waals surface area contributed by atoms with E-state index in [2.05, 4.69) is 0 Å². The van der Waals surface area contributed by atoms with Gasteiger partial charge in [-0.25, -0.2) is 8.42 Å². The van der Waals surface area contributed by atoms with Crippen LogP contribution in [0.4, 0.5) is 0 Å². The largest absolute Gasteiger partial charge is 0.467 e. The van der Waals surface area contributed by atoms with Crippen molar-refractivity contribution in [2.75, 3.05) is 11.5 Å². The Kier molecular flexibility index (Phi) is 5.30. The molecule has 0 saturated carbocycles. The Bertz CT molecular complexity index is 857. The number of furan rings is 1. The average Bonchev–Trinajstić information content (AvgIpc) is 3.21. The number of benzene rings is 1. The number of rotatable bonds is 5. The third-order valence-corrected chi connectivity index (χ3v) is 6.13. The molecule has 0 N–H and O–H groups in total. The van der Waals surface area contributed by atoms with Crippen LogP contribution in [0.3, 0.4) is 0 Å². The Morgan fingerprint density at radius 1 is 1.28 bits per heavy atom. The van der Waals surface area contributed by atoms with Gasteiger partial charge in [-0.05, 0) is 42.3 Å². The van der Waals surface area contributed by atoms with Crippen molar-refractivity contribution in [1.82, 2.24) is 4.90 Å². The molecule has 0 radical (unpaired) electrons. The highest BCUT2D eigenvalue weighted by atomic mass is 35.5. The van der Waals surface area contributed by atoms with E-state index < -0.39 is 9.84 Å². The molecule has 2 heterocycles. The molecule has 1 fully saturated rings. The molecule has 7 heteroatoms. The van der Waals surface area contributed by atoms with Crippen molar-refractivity contribution in [3.8, 4) is 0 Å². The van der Waals surface area contributed by atoms with Crippen LogP contribution in [-0.2, 0) is 21.2 Å². The van der Waals surface area contributed by atoms with Crippen LogP contribution in [0.25, 0.3) is 6.08 Å². The lowest BCUT2D eigenvalue weighted by atomic mass is 10.2. The normalized spacial score (nSPS) is 19.3. The summed E-state index contributed by atoms with van der Waals surface area (Å²) in [5.74, 6) is 0.486. The van der Waals surface area contributed by atoms with Gasteiger partial charge in [-0.2, -0.15) is 0 Å². The minimum absolute atomic E-state index is 0.00572. The molecule has 1 aliphatic rings. The summed E-state index contributed by atoms with van der Waals surface area (Å²) in [6, 6.07) is 10.3. The van der Waals surface area contributed by atoms with Crippen LogP contribution in [0.2, 0.25) is 5.02 Å². The first-order chi connectivity index (χ1) is 11.9. The molecule has 1 atom stereocenters. The standard InChI is InChI=1S/C18H18ClNO4S/c19-15-6-3-14(4-7-15)5-8-18(21)20(12-17-2-1-10-24-17)16-9-11-25(22,23)13-16/h1-8,10,16H,9,11-13H2/b8-5+/t16-/m1/s1. The van der Waals surface area contributed by atoms with E-state index >= 15 is 0 Å². The predicted octanol–water partition coefficient (Wildman–Crippen LogP) is 3.16. The second-order valence-corrected chi connectivity index (χ2v) is 8.65. The van der Waals surface area contributed by atoms with E-state index in [4.69, 9.17) is 16.0 Å². The van der Waals surface area contributed by atoms with Crippen molar-refractivity contribution in [3.63, 3.8) is 0 Å². The van der Waals surface area contributed by atoms with E-state index in [0.717, 1.165) is 5.56 Å². The quantitative estimate of drug-likeness (QED) is 0.748. The fraction of sp³-hybridized carbons (Fsp3) is 0.278. The van der Waals surface area contributed by atoms with E-state index in [0.29, 0.717) is 17.2 Å². The average molecular weight is 380 g/mol. The van der Waals surface area contributed by atoms with Gasteiger partial charge in [0.1, 0.15) is 5.76 Å². The van der Waals surface area contributed by atoms with E-state index in [9.17, 15) is 13.2 Å². The van der Waals surface area contributed by atoms with Crippen molar-refractivity contribution in [2.45, 2.75) is 19.0 Å². The molecule has 1 saturated heterocycles. The zero-order chi connectivity index (χ0) is 17.9. The molecule has 132 valence electrons. The van der Waals surface area contributed by atoms with Gasteiger partial charge in [0, 0.05) is 17.1 Å². The van der Waals surface area contributed by atoms with Gasteiger partial charge in [0.2, 0.25) is 5.91 Å². The number of hydrogen-bond acceptors (Lipinski definition) is 4. The first-order valence-corrected chi connectivity index (χ1v) is 10.1. The highest BCUT2D eigenvalue weighted by Crippen LogP contribution is 2.21. The van der Waals surface area contributed by atoms with Crippen molar-refractivity contribution >= 4 is 33.4 Å². The molecule has 1 aromatic heterocycles. The maximum atomic E-state index is 12.7. The minimum Gasteiger partial charge on any atom is -0.467 e.